The van der Waals surface area contributed by atoms with Crippen LogP contribution in [-0.4, -0.2) is 47.0 Å². The number of hydrogen-bond acceptors (Lipinski definition) is 4. The highest BCUT2D eigenvalue weighted by molar-refractivity contribution is 9.10. The number of benzene rings is 1. The lowest BCUT2D eigenvalue weighted by atomic mass is 9.96. The monoisotopic (exact) mass is 527 g/mol. The minimum Gasteiger partial charge on any atom is -0.619 e. The fourth-order valence-electron chi connectivity index (χ4n) is 4.70. The van der Waals surface area contributed by atoms with Crippen LogP contribution in [0.2, 0.25) is 5.02 Å². The van der Waals surface area contributed by atoms with Crippen LogP contribution >= 0.6 is 27.5 Å². The molecule has 3 aromatic rings. The zero-order valence-electron chi connectivity index (χ0n) is 17.9. The van der Waals surface area contributed by atoms with E-state index in [2.05, 4.69) is 44.3 Å². The van der Waals surface area contributed by atoms with Crippen LogP contribution in [0.3, 0.4) is 0 Å². The lowest BCUT2D eigenvalue weighted by Crippen LogP contribution is -2.51. The number of pyridine rings is 2. The Labute approximate surface area is 205 Å². The number of nitrogens with one attached hydrogen (secondary N) is 1. The molecular formula is C24H23BrClN5O2. The molecule has 1 unspecified atom stereocenters. The molecule has 0 spiro atoms. The molecule has 1 saturated heterocycles. The van der Waals surface area contributed by atoms with Crippen LogP contribution in [0, 0.1) is 5.21 Å². The van der Waals surface area contributed by atoms with Crippen molar-refractivity contribution >= 4 is 39.2 Å². The van der Waals surface area contributed by atoms with Crippen molar-refractivity contribution in [3.8, 4) is 0 Å². The van der Waals surface area contributed by atoms with Crippen LogP contribution in [0.1, 0.15) is 28.4 Å². The molecule has 1 atom stereocenters. The summed E-state index contributed by atoms with van der Waals surface area (Å²) < 4.78 is 1.65. The first-order valence-corrected chi connectivity index (χ1v) is 12.1. The second-order valence-electron chi connectivity index (χ2n) is 8.35. The van der Waals surface area contributed by atoms with Gasteiger partial charge in [0.25, 0.3) is 0 Å². The number of aryl methyl sites for hydroxylation is 2. The summed E-state index contributed by atoms with van der Waals surface area (Å²) in [6.45, 7) is 2.60. The van der Waals surface area contributed by atoms with Gasteiger partial charge in [-0.2, -0.15) is 4.73 Å². The van der Waals surface area contributed by atoms with Crippen LogP contribution in [0.5, 0.6) is 0 Å². The predicted molar refractivity (Wildman–Crippen MR) is 130 cm³/mol. The van der Waals surface area contributed by atoms with Gasteiger partial charge in [0.2, 0.25) is 6.20 Å². The number of carbonyl (C=O) groups is 1. The number of urea groups is 1. The van der Waals surface area contributed by atoms with E-state index in [4.69, 9.17) is 16.6 Å². The molecular weight excluding hydrogens is 506 g/mol. The largest absolute Gasteiger partial charge is 0.619 e. The number of anilines is 1. The van der Waals surface area contributed by atoms with Crippen molar-refractivity contribution in [3.63, 3.8) is 0 Å². The summed E-state index contributed by atoms with van der Waals surface area (Å²) in [4.78, 5) is 21.8. The summed E-state index contributed by atoms with van der Waals surface area (Å²) in [5.41, 5.74) is 5.27. The minimum absolute atomic E-state index is 0.0154. The van der Waals surface area contributed by atoms with Gasteiger partial charge in [0.05, 0.1) is 11.7 Å². The van der Waals surface area contributed by atoms with E-state index in [1.807, 2.05) is 12.3 Å². The smallest absolute Gasteiger partial charge is 0.322 e. The zero-order valence-corrected chi connectivity index (χ0v) is 20.2. The number of amides is 2. The van der Waals surface area contributed by atoms with Gasteiger partial charge in [0.15, 0.2) is 6.20 Å². The van der Waals surface area contributed by atoms with Crippen molar-refractivity contribution in [1.29, 1.82) is 0 Å². The summed E-state index contributed by atoms with van der Waals surface area (Å²) in [6, 6.07) is 11.4. The van der Waals surface area contributed by atoms with Crippen molar-refractivity contribution in [3.05, 3.63) is 92.1 Å². The van der Waals surface area contributed by atoms with Crippen molar-refractivity contribution in [2.24, 2.45) is 0 Å². The predicted octanol–water partition coefficient (Wildman–Crippen LogP) is 4.17. The van der Waals surface area contributed by atoms with Gasteiger partial charge in [0.1, 0.15) is 5.69 Å². The van der Waals surface area contributed by atoms with Gasteiger partial charge in [-0.1, -0.05) is 17.7 Å². The van der Waals surface area contributed by atoms with E-state index < -0.39 is 0 Å². The maximum atomic E-state index is 12.7. The summed E-state index contributed by atoms with van der Waals surface area (Å²) in [6.07, 6.45) is 6.42. The number of rotatable bonds is 2. The van der Waals surface area contributed by atoms with Crippen molar-refractivity contribution in [2.75, 3.05) is 31.5 Å². The lowest BCUT2D eigenvalue weighted by molar-refractivity contribution is -0.604. The molecule has 1 aromatic carbocycles. The number of halogens is 2. The van der Waals surface area contributed by atoms with E-state index in [0.29, 0.717) is 36.6 Å². The molecule has 0 saturated carbocycles. The number of fused-ring (bicyclic) bond motifs is 2. The molecule has 2 aliphatic rings. The zero-order chi connectivity index (χ0) is 22.9. The van der Waals surface area contributed by atoms with Crippen molar-refractivity contribution < 1.29 is 9.52 Å². The number of aromatic nitrogens is 2. The van der Waals surface area contributed by atoms with Crippen molar-refractivity contribution in [1.82, 2.24) is 14.8 Å². The summed E-state index contributed by atoms with van der Waals surface area (Å²) >= 11 is 9.89. The van der Waals surface area contributed by atoms with Gasteiger partial charge in [0, 0.05) is 47.9 Å². The van der Waals surface area contributed by atoms with Gasteiger partial charge in [-0.3, -0.25) is 9.88 Å². The number of piperazine rings is 1. The summed E-state index contributed by atoms with van der Waals surface area (Å²) in [5.74, 6) is 0. The topological polar surface area (TPSA) is 75.4 Å². The first-order valence-electron chi connectivity index (χ1n) is 10.9. The van der Waals surface area contributed by atoms with Gasteiger partial charge < -0.3 is 15.4 Å². The van der Waals surface area contributed by atoms with Gasteiger partial charge in [-0.25, -0.2) is 4.79 Å². The Morgan fingerprint density at radius 1 is 1.15 bits per heavy atom. The standard InChI is InChI=1S/C24H23BrClN5O2/c25-18-12-17-4-3-16-13-19(26)5-6-21(16)23(22(17)27-14-18)29-8-10-30(11-9-29)24(32)28-20-2-1-7-31(33)15-20/h1-2,5-7,12-15,23H,3-4,8-11H2,(H,28,32). The Hall–Kier alpha value is -2.68. The Balaban J connectivity index is 1.37. The third-order valence-corrected chi connectivity index (χ3v) is 6.95. The van der Waals surface area contributed by atoms with E-state index in [1.54, 1.807) is 17.0 Å². The van der Waals surface area contributed by atoms with E-state index in [0.717, 1.165) is 28.0 Å². The van der Waals surface area contributed by atoms with E-state index in [9.17, 15) is 10.0 Å². The third kappa shape index (κ3) is 4.69. The Bertz CT molecular complexity index is 1150. The molecule has 1 N–H and O–H groups in total. The number of carbonyl (C=O) groups excluding carboxylic acids is 1. The molecule has 0 radical (unpaired) electrons. The highest BCUT2D eigenvalue weighted by Gasteiger charge is 2.33. The summed E-state index contributed by atoms with van der Waals surface area (Å²) in [7, 11) is 0. The quantitative estimate of drug-likeness (QED) is 0.400. The molecule has 33 heavy (non-hydrogen) atoms. The normalized spacial score (nSPS) is 18.2. The van der Waals surface area contributed by atoms with Crippen LogP contribution in [0.15, 0.2) is 59.5 Å². The number of hydrogen-bond donors (Lipinski definition) is 1. The molecule has 2 aromatic heterocycles. The highest BCUT2D eigenvalue weighted by Crippen LogP contribution is 2.38. The average molecular weight is 529 g/mol. The van der Waals surface area contributed by atoms with Gasteiger partial charge >= 0.3 is 6.03 Å². The first kappa shape index (κ1) is 22.1. The Kier molecular flexibility index (Phi) is 6.23. The lowest BCUT2D eigenvalue weighted by Gasteiger charge is -2.39. The van der Waals surface area contributed by atoms with Crippen molar-refractivity contribution in [2.45, 2.75) is 18.9 Å². The SMILES string of the molecule is O=C(Nc1ccc[n+]([O-])c1)N1CCN(C2c3ccc(Cl)cc3CCc3cc(Br)cnc32)CC1. The van der Waals surface area contributed by atoms with Crippen LogP contribution < -0.4 is 10.0 Å². The molecule has 3 heterocycles. The Morgan fingerprint density at radius 3 is 2.73 bits per heavy atom. The van der Waals surface area contributed by atoms with E-state index in [1.165, 1.54) is 29.1 Å². The molecule has 1 aliphatic carbocycles. The fourth-order valence-corrected chi connectivity index (χ4v) is 5.27. The molecule has 0 bridgehead atoms. The molecule has 2 amide bonds. The van der Waals surface area contributed by atoms with Crippen LogP contribution in [0.25, 0.3) is 0 Å². The highest BCUT2D eigenvalue weighted by atomic mass is 79.9. The first-order chi connectivity index (χ1) is 16.0. The molecule has 5 rings (SSSR count). The molecule has 1 aliphatic heterocycles. The van der Waals surface area contributed by atoms with E-state index >= 15 is 0 Å². The van der Waals surface area contributed by atoms with Gasteiger partial charge in [-0.15, -0.1) is 0 Å². The van der Waals surface area contributed by atoms with Crippen LogP contribution in [0.4, 0.5) is 10.5 Å². The number of nitrogens with zero attached hydrogens (tertiary/aromatic N) is 4. The average Bonchev–Trinajstić information content (AvgIpc) is 2.95. The van der Waals surface area contributed by atoms with E-state index in [-0.39, 0.29) is 12.1 Å². The second-order valence-corrected chi connectivity index (χ2v) is 9.70. The molecule has 9 heteroatoms. The fraction of sp³-hybridized carbons (Fsp3) is 0.292. The molecule has 7 nitrogen and oxygen atoms in total. The maximum absolute atomic E-state index is 12.7. The van der Waals surface area contributed by atoms with Crippen LogP contribution in [-0.2, 0) is 12.8 Å². The third-order valence-electron chi connectivity index (χ3n) is 6.28. The molecule has 170 valence electrons. The Morgan fingerprint density at radius 2 is 1.94 bits per heavy atom. The molecule has 1 fully saturated rings. The minimum atomic E-state index is -0.198. The second kappa shape index (κ2) is 9.29. The summed E-state index contributed by atoms with van der Waals surface area (Å²) in [5, 5.41) is 15.0. The maximum Gasteiger partial charge on any atom is 0.322 e. The van der Waals surface area contributed by atoms with Gasteiger partial charge in [-0.05, 0) is 69.7 Å².